The smallest absolute Gasteiger partial charge is 0.191 e. The summed E-state index contributed by atoms with van der Waals surface area (Å²) in [4.78, 5) is 6.93. The van der Waals surface area contributed by atoms with E-state index in [4.69, 9.17) is 9.47 Å². The summed E-state index contributed by atoms with van der Waals surface area (Å²) < 4.78 is 10.7. The Morgan fingerprint density at radius 3 is 2.67 bits per heavy atom. The monoisotopic (exact) mass is 410 g/mol. The summed E-state index contributed by atoms with van der Waals surface area (Å²) in [7, 11) is 5.14. The molecule has 0 aliphatic carbocycles. The molecule has 0 radical (unpaired) electrons. The number of rotatable bonds is 9. The molecule has 1 unspecified atom stereocenters. The van der Waals surface area contributed by atoms with Crippen molar-refractivity contribution in [3.05, 3.63) is 59.7 Å². The zero-order valence-corrected chi connectivity index (χ0v) is 18.4. The van der Waals surface area contributed by atoms with Gasteiger partial charge in [0.1, 0.15) is 11.5 Å². The largest absolute Gasteiger partial charge is 0.497 e. The molecule has 30 heavy (non-hydrogen) atoms. The molecule has 2 aromatic rings. The second kappa shape index (κ2) is 11.5. The number of hydrogen-bond acceptors (Lipinski definition) is 4. The van der Waals surface area contributed by atoms with Gasteiger partial charge in [0.15, 0.2) is 5.96 Å². The fourth-order valence-corrected chi connectivity index (χ4v) is 3.85. The molecule has 1 saturated heterocycles. The Hall–Kier alpha value is -2.73. The van der Waals surface area contributed by atoms with Gasteiger partial charge in [0.05, 0.1) is 14.2 Å². The maximum Gasteiger partial charge on any atom is 0.191 e. The lowest BCUT2D eigenvalue weighted by Crippen LogP contribution is -2.40. The quantitative estimate of drug-likeness (QED) is 0.492. The predicted molar refractivity (Wildman–Crippen MR) is 122 cm³/mol. The van der Waals surface area contributed by atoms with Crippen LogP contribution in [0.3, 0.4) is 0 Å². The van der Waals surface area contributed by atoms with E-state index in [1.165, 1.54) is 18.5 Å². The van der Waals surface area contributed by atoms with Gasteiger partial charge in [0.25, 0.3) is 0 Å². The van der Waals surface area contributed by atoms with E-state index in [0.29, 0.717) is 12.5 Å². The zero-order chi connectivity index (χ0) is 21.2. The van der Waals surface area contributed by atoms with Crippen LogP contribution in [0.2, 0.25) is 0 Å². The first-order chi connectivity index (χ1) is 14.7. The lowest BCUT2D eigenvalue weighted by atomic mass is 10.1. The number of aliphatic imine (C=N–C) groups is 1. The number of likely N-dealkylation sites (tertiary alicyclic amines) is 1. The fourth-order valence-electron chi connectivity index (χ4n) is 3.85. The predicted octanol–water partition coefficient (Wildman–Crippen LogP) is 2.93. The molecule has 1 heterocycles. The number of benzene rings is 2. The molecule has 1 aliphatic heterocycles. The topological polar surface area (TPSA) is 58.1 Å². The normalized spacial score (nSPS) is 17.0. The van der Waals surface area contributed by atoms with Gasteiger partial charge in [-0.05, 0) is 43.0 Å². The van der Waals surface area contributed by atoms with Crippen LogP contribution >= 0.6 is 0 Å². The number of ether oxygens (including phenoxy) is 2. The van der Waals surface area contributed by atoms with Crippen LogP contribution in [0.5, 0.6) is 11.5 Å². The third kappa shape index (κ3) is 6.39. The Balaban J connectivity index is 1.40. The molecule has 1 atom stereocenters. The van der Waals surface area contributed by atoms with Crippen LogP contribution in [0.25, 0.3) is 0 Å². The van der Waals surface area contributed by atoms with Gasteiger partial charge in [-0.15, -0.1) is 0 Å². The molecule has 0 amide bonds. The molecule has 6 heteroatoms. The lowest BCUT2D eigenvalue weighted by Gasteiger charge is -2.18. The van der Waals surface area contributed by atoms with Crippen LogP contribution in [0.15, 0.2) is 53.5 Å². The first kappa shape index (κ1) is 22.0. The van der Waals surface area contributed by atoms with Crippen LogP contribution < -0.4 is 20.1 Å². The van der Waals surface area contributed by atoms with E-state index < -0.39 is 0 Å². The molecule has 3 rings (SSSR count). The minimum Gasteiger partial charge on any atom is -0.497 e. The van der Waals surface area contributed by atoms with Crippen molar-refractivity contribution in [2.75, 3.05) is 47.4 Å². The highest BCUT2D eigenvalue weighted by Crippen LogP contribution is 2.24. The molecule has 1 fully saturated rings. The van der Waals surface area contributed by atoms with E-state index in [1.54, 1.807) is 21.3 Å². The molecular weight excluding hydrogens is 376 g/mol. The first-order valence-electron chi connectivity index (χ1n) is 10.6. The summed E-state index contributed by atoms with van der Waals surface area (Å²) >= 11 is 0. The van der Waals surface area contributed by atoms with Gasteiger partial charge in [0.2, 0.25) is 0 Å². The molecule has 2 N–H and O–H groups in total. The molecule has 0 bridgehead atoms. The van der Waals surface area contributed by atoms with Crippen LogP contribution in [-0.4, -0.2) is 58.3 Å². The van der Waals surface area contributed by atoms with E-state index in [-0.39, 0.29) is 0 Å². The molecule has 0 spiro atoms. The highest BCUT2D eigenvalue weighted by atomic mass is 16.5. The minimum atomic E-state index is 0.640. The minimum absolute atomic E-state index is 0.640. The number of nitrogens with zero attached hydrogens (tertiary/aromatic N) is 2. The molecular formula is C24H34N4O2. The van der Waals surface area contributed by atoms with Gasteiger partial charge in [-0.3, -0.25) is 4.99 Å². The summed E-state index contributed by atoms with van der Waals surface area (Å²) in [5, 5.41) is 6.87. The Morgan fingerprint density at radius 1 is 1.10 bits per heavy atom. The number of hydrogen-bond donors (Lipinski definition) is 2. The van der Waals surface area contributed by atoms with E-state index in [1.807, 2.05) is 18.2 Å². The Kier molecular flexibility index (Phi) is 8.39. The molecule has 6 nitrogen and oxygen atoms in total. The zero-order valence-electron chi connectivity index (χ0n) is 18.4. The van der Waals surface area contributed by atoms with Crippen molar-refractivity contribution >= 4 is 5.96 Å². The molecule has 0 saturated carbocycles. The molecule has 1 aliphatic rings. The van der Waals surface area contributed by atoms with E-state index in [0.717, 1.165) is 49.1 Å². The Morgan fingerprint density at radius 2 is 1.93 bits per heavy atom. The lowest BCUT2D eigenvalue weighted by molar-refractivity contribution is 0.328. The summed E-state index contributed by atoms with van der Waals surface area (Å²) in [6.07, 6.45) is 2.35. The first-order valence-corrected chi connectivity index (χ1v) is 10.6. The van der Waals surface area contributed by atoms with Crippen LogP contribution in [0, 0.1) is 5.92 Å². The van der Waals surface area contributed by atoms with Gasteiger partial charge in [-0.2, -0.15) is 0 Å². The van der Waals surface area contributed by atoms with E-state index in [2.05, 4.69) is 50.9 Å². The number of nitrogens with one attached hydrogen (secondary N) is 2. The van der Waals surface area contributed by atoms with Crippen molar-refractivity contribution in [3.63, 3.8) is 0 Å². The van der Waals surface area contributed by atoms with Crippen molar-refractivity contribution in [3.8, 4) is 11.5 Å². The maximum atomic E-state index is 5.48. The Bertz CT molecular complexity index is 810. The highest BCUT2D eigenvalue weighted by Gasteiger charge is 2.22. The van der Waals surface area contributed by atoms with E-state index >= 15 is 0 Å². The SMILES string of the molecule is CN=C(NCc1ccc(OC)cc1OC)NCC1CCN(CCc2ccccc2)C1. The van der Waals surface area contributed by atoms with Crippen LogP contribution in [0.1, 0.15) is 17.5 Å². The number of methoxy groups -OCH3 is 2. The second-order valence-corrected chi connectivity index (χ2v) is 7.68. The van der Waals surface area contributed by atoms with Crippen molar-refractivity contribution in [1.29, 1.82) is 0 Å². The average molecular weight is 411 g/mol. The summed E-state index contributed by atoms with van der Waals surface area (Å²) in [5.41, 5.74) is 2.48. The van der Waals surface area contributed by atoms with Gasteiger partial charge >= 0.3 is 0 Å². The van der Waals surface area contributed by atoms with Gasteiger partial charge in [0, 0.05) is 44.9 Å². The average Bonchev–Trinajstić information content (AvgIpc) is 3.26. The summed E-state index contributed by atoms with van der Waals surface area (Å²) in [6.45, 7) is 5.02. The van der Waals surface area contributed by atoms with Crippen molar-refractivity contribution in [2.24, 2.45) is 10.9 Å². The highest BCUT2D eigenvalue weighted by molar-refractivity contribution is 5.79. The number of guanidine groups is 1. The summed E-state index contributed by atoms with van der Waals surface area (Å²) in [5.74, 6) is 3.06. The Labute approximate surface area is 180 Å². The maximum absolute atomic E-state index is 5.48. The van der Waals surface area contributed by atoms with E-state index in [9.17, 15) is 0 Å². The summed E-state index contributed by atoms with van der Waals surface area (Å²) in [6, 6.07) is 16.6. The second-order valence-electron chi connectivity index (χ2n) is 7.68. The molecule has 162 valence electrons. The third-order valence-corrected chi connectivity index (χ3v) is 5.65. The van der Waals surface area contributed by atoms with Gasteiger partial charge in [-0.1, -0.05) is 30.3 Å². The van der Waals surface area contributed by atoms with Crippen molar-refractivity contribution < 1.29 is 9.47 Å². The molecule has 2 aromatic carbocycles. The van der Waals surface area contributed by atoms with Gasteiger partial charge < -0.3 is 25.0 Å². The van der Waals surface area contributed by atoms with Gasteiger partial charge in [-0.25, -0.2) is 0 Å². The van der Waals surface area contributed by atoms with Crippen molar-refractivity contribution in [2.45, 2.75) is 19.4 Å². The third-order valence-electron chi connectivity index (χ3n) is 5.65. The van der Waals surface area contributed by atoms with Crippen LogP contribution in [0.4, 0.5) is 0 Å². The molecule has 0 aromatic heterocycles. The van der Waals surface area contributed by atoms with Crippen LogP contribution in [-0.2, 0) is 13.0 Å². The fraction of sp³-hybridized carbons (Fsp3) is 0.458. The van der Waals surface area contributed by atoms with Crippen molar-refractivity contribution in [1.82, 2.24) is 15.5 Å². The standard InChI is InChI=1S/C24H34N4O2/c1-25-24(27-17-21-9-10-22(29-2)15-23(21)30-3)26-16-20-12-14-28(18-20)13-11-19-7-5-4-6-8-19/h4-10,15,20H,11-14,16-18H2,1-3H3,(H2,25,26,27).